The molecule has 5 aromatic heterocycles. The maximum absolute atomic E-state index is 12.6. The number of nitrogens with zero attached hydrogens (tertiary/aromatic N) is 6. The molecule has 0 unspecified atom stereocenters. The van der Waals surface area contributed by atoms with Crippen LogP contribution in [-0.4, -0.2) is 46.0 Å². The fourth-order valence-electron chi connectivity index (χ4n) is 2.88. The molecule has 28 heavy (non-hydrogen) atoms. The first-order valence-electron chi connectivity index (χ1n) is 8.40. The number of H-pyrrole nitrogens is 2. The van der Waals surface area contributed by atoms with Gasteiger partial charge in [-0.05, 0) is 13.0 Å². The van der Waals surface area contributed by atoms with Crippen molar-refractivity contribution in [2.24, 2.45) is 0 Å². The fourth-order valence-corrected chi connectivity index (χ4v) is 2.88. The van der Waals surface area contributed by atoms with Gasteiger partial charge in [-0.2, -0.15) is 0 Å². The number of carbonyl (C=O) groups excluding carboxylic acids is 1. The van der Waals surface area contributed by atoms with Crippen LogP contribution in [0.25, 0.3) is 33.7 Å². The molecule has 3 N–H and O–H groups in total. The van der Waals surface area contributed by atoms with E-state index < -0.39 is 6.04 Å². The quantitative estimate of drug-likeness (QED) is 0.430. The fraction of sp³-hybridized carbons (Fsp3) is 0.118. The molecule has 1 atom stereocenters. The minimum absolute atomic E-state index is 0.286. The Morgan fingerprint density at radius 3 is 3.07 bits per heavy atom. The minimum atomic E-state index is -0.429. The molecule has 0 saturated heterocycles. The molecule has 0 saturated carbocycles. The predicted molar refractivity (Wildman–Crippen MR) is 97.0 cm³/mol. The standard InChI is InChI=1S/C17H13N9O2/c1-8(23-17(27)13-9-2-3-19-14(9)22-7-20-13)12-4-10(26-28-12)16-24-11-5-18-6-21-15(11)25-16/h2-8H,1H3,(H,23,27)(H,19,20,22)(H,18,21,24,25)/t8-/m1/s1. The van der Waals surface area contributed by atoms with Crippen molar-refractivity contribution in [1.82, 2.24) is 45.4 Å². The summed E-state index contributed by atoms with van der Waals surface area (Å²) in [6.07, 6.45) is 6.11. The van der Waals surface area contributed by atoms with Gasteiger partial charge >= 0.3 is 0 Å². The Labute approximate surface area is 156 Å². The topological polar surface area (TPSA) is 151 Å². The highest BCUT2D eigenvalue weighted by Crippen LogP contribution is 2.22. The molecule has 0 spiro atoms. The second-order valence-corrected chi connectivity index (χ2v) is 6.12. The van der Waals surface area contributed by atoms with Gasteiger partial charge in [-0.25, -0.2) is 24.9 Å². The number of imidazole rings is 1. The third-order valence-electron chi connectivity index (χ3n) is 4.28. The van der Waals surface area contributed by atoms with Gasteiger partial charge in [-0.3, -0.25) is 4.79 Å². The van der Waals surface area contributed by atoms with E-state index in [-0.39, 0.29) is 11.6 Å². The molecule has 138 valence electrons. The number of hydrogen-bond donors (Lipinski definition) is 3. The highest BCUT2D eigenvalue weighted by molar-refractivity contribution is 6.03. The zero-order chi connectivity index (χ0) is 19.1. The second kappa shape index (κ2) is 6.23. The van der Waals surface area contributed by atoms with E-state index in [9.17, 15) is 4.79 Å². The highest BCUT2D eigenvalue weighted by Gasteiger charge is 2.20. The number of rotatable bonds is 4. The number of aromatic nitrogens is 8. The molecule has 1 amide bonds. The minimum Gasteiger partial charge on any atom is -0.358 e. The molecule has 0 radical (unpaired) electrons. The van der Waals surface area contributed by atoms with Crippen LogP contribution in [0.3, 0.4) is 0 Å². The molecule has 0 aromatic carbocycles. The van der Waals surface area contributed by atoms with Crippen LogP contribution in [-0.2, 0) is 0 Å². The summed E-state index contributed by atoms with van der Waals surface area (Å²) in [5.74, 6) is 0.652. The van der Waals surface area contributed by atoms with Crippen molar-refractivity contribution < 1.29 is 9.32 Å². The molecular weight excluding hydrogens is 362 g/mol. The number of carbonyl (C=O) groups is 1. The molecule has 0 aliphatic carbocycles. The van der Waals surface area contributed by atoms with E-state index in [4.69, 9.17) is 4.52 Å². The number of fused-ring (bicyclic) bond motifs is 2. The van der Waals surface area contributed by atoms with E-state index >= 15 is 0 Å². The Kier molecular flexibility index (Phi) is 3.57. The van der Waals surface area contributed by atoms with E-state index in [0.717, 1.165) is 0 Å². The van der Waals surface area contributed by atoms with E-state index in [1.165, 1.54) is 12.7 Å². The number of hydrogen-bond acceptors (Lipinski definition) is 8. The number of amides is 1. The average molecular weight is 375 g/mol. The molecule has 0 bridgehead atoms. The van der Waals surface area contributed by atoms with Crippen molar-refractivity contribution in [2.45, 2.75) is 13.0 Å². The van der Waals surface area contributed by atoms with Crippen molar-refractivity contribution in [3.63, 3.8) is 0 Å². The van der Waals surface area contributed by atoms with Crippen LogP contribution in [0.4, 0.5) is 0 Å². The molecular formula is C17H13N9O2. The highest BCUT2D eigenvalue weighted by atomic mass is 16.5. The van der Waals surface area contributed by atoms with Gasteiger partial charge in [-0.1, -0.05) is 5.16 Å². The maximum Gasteiger partial charge on any atom is 0.271 e. The van der Waals surface area contributed by atoms with Crippen LogP contribution in [0, 0.1) is 0 Å². The van der Waals surface area contributed by atoms with Crippen molar-refractivity contribution in [3.8, 4) is 11.5 Å². The van der Waals surface area contributed by atoms with Crippen LogP contribution in [0.5, 0.6) is 0 Å². The molecule has 0 aliphatic heterocycles. The normalized spacial score (nSPS) is 12.5. The Bertz CT molecular complexity index is 1270. The van der Waals surface area contributed by atoms with Gasteiger partial charge in [0.25, 0.3) is 5.91 Å². The number of aromatic amines is 2. The average Bonchev–Trinajstić information content (AvgIpc) is 3.45. The van der Waals surface area contributed by atoms with E-state index in [0.29, 0.717) is 39.5 Å². The van der Waals surface area contributed by atoms with Gasteiger partial charge in [-0.15, -0.1) is 0 Å². The maximum atomic E-state index is 12.6. The summed E-state index contributed by atoms with van der Waals surface area (Å²) >= 11 is 0. The summed E-state index contributed by atoms with van der Waals surface area (Å²) in [5.41, 5.74) is 2.62. The van der Waals surface area contributed by atoms with Gasteiger partial charge in [0, 0.05) is 12.3 Å². The Morgan fingerprint density at radius 2 is 2.18 bits per heavy atom. The van der Waals surface area contributed by atoms with Crippen molar-refractivity contribution in [1.29, 1.82) is 0 Å². The van der Waals surface area contributed by atoms with E-state index in [1.54, 1.807) is 31.5 Å². The lowest BCUT2D eigenvalue weighted by molar-refractivity contribution is 0.0930. The van der Waals surface area contributed by atoms with Gasteiger partial charge in [0.1, 0.15) is 35.2 Å². The lowest BCUT2D eigenvalue weighted by atomic mass is 10.2. The van der Waals surface area contributed by atoms with Crippen LogP contribution in [0.15, 0.2) is 41.7 Å². The second-order valence-electron chi connectivity index (χ2n) is 6.12. The Balaban J connectivity index is 1.38. The van der Waals surface area contributed by atoms with Crippen LogP contribution >= 0.6 is 0 Å². The third-order valence-corrected chi connectivity index (χ3v) is 4.28. The molecule has 11 nitrogen and oxygen atoms in total. The van der Waals surface area contributed by atoms with Crippen LogP contribution < -0.4 is 5.32 Å². The summed E-state index contributed by atoms with van der Waals surface area (Å²) in [5, 5.41) is 7.53. The summed E-state index contributed by atoms with van der Waals surface area (Å²) in [7, 11) is 0. The first kappa shape index (κ1) is 16.1. The summed E-state index contributed by atoms with van der Waals surface area (Å²) in [6, 6.07) is 3.04. The van der Waals surface area contributed by atoms with E-state index in [2.05, 4.69) is 45.4 Å². The van der Waals surface area contributed by atoms with Gasteiger partial charge in [0.05, 0.1) is 17.6 Å². The first-order chi connectivity index (χ1) is 13.7. The monoisotopic (exact) mass is 375 g/mol. The first-order valence-corrected chi connectivity index (χ1v) is 8.40. The van der Waals surface area contributed by atoms with Crippen molar-refractivity contribution in [3.05, 3.63) is 48.6 Å². The van der Waals surface area contributed by atoms with Gasteiger partial charge in [0.2, 0.25) is 0 Å². The lowest BCUT2D eigenvalue weighted by Gasteiger charge is -2.10. The van der Waals surface area contributed by atoms with Gasteiger partial charge in [0.15, 0.2) is 17.2 Å². The van der Waals surface area contributed by atoms with Crippen molar-refractivity contribution in [2.75, 3.05) is 0 Å². The van der Waals surface area contributed by atoms with E-state index in [1.807, 2.05) is 0 Å². The SMILES string of the molecule is C[C@@H](NC(=O)c1ncnc2[nH]ccc12)c1cc(-c2nc3ncncc3[nH]2)no1. The van der Waals surface area contributed by atoms with Crippen LogP contribution in [0.2, 0.25) is 0 Å². The van der Waals surface area contributed by atoms with Crippen LogP contribution in [0.1, 0.15) is 29.2 Å². The summed E-state index contributed by atoms with van der Waals surface area (Å²) in [4.78, 5) is 39.2. The lowest BCUT2D eigenvalue weighted by Crippen LogP contribution is -2.27. The molecule has 5 heterocycles. The molecule has 5 rings (SSSR count). The Hall–Kier alpha value is -4.15. The molecule has 0 fully saturated rings. The Morgan fingerprint density at radius 1 is 1.25 bits per heavy atom. The molecule has 11 heteroatoms. The number of nitrogens with one attached hydrogen (secondary N) is 3. The van der Waals surface area contributed by atoms with Crippen molar-refractivity contribution >= 4 is 28.1 Å². The molecule has 5 aromatic rings. The zero-order valence-corrected chi connectivity index (χ0v) is 14.5. The zero-order valence-electron chi connectivity index (χ0n) is 14.5. The third kappa shape index (κ3) is 2.65. The summed E-state index contributed by atoms with van der Waals surface area (Å²) in [6.45, 7) is 1.79. The molecule has 0 aliphatic rings. The smallest absolute Gasteiger partial charge is 0.271 e. The predicted octanol–water partition coefficient (Wildman–Crippen LogP) is 1.77. The van der Waals surface area contributed by atoms with Gasteiger partial charge < -0.3 is 19.8 Å². The summed E-state index contributed by atoms with van der Waals surface area (Å²) < 4.78 is 5.39. The largest absolute Gasteiger partial charge is 0.358 e.